The standard InChI is InChI=1S/C32H35N3O7/c1-23(36)41-20-18-35(19-21-42-24(2)37)29-13-4-25(5-14-29)8-17-31(38)27-9-11-28(12-10-27)34-32(39)33-22-26-6-15-30(40-3)16-7-26/h4-17H,18-22H2,1-3H3,(H2,33,34,39). The van der Waals surface area contributed by atoms with Gasteiger partial charge in [-0.3, -0.25) is 14.4 Å². The largest absolute Gasteiger partial charge is 0.497 e. The van der Waals surface area contributed by atoms with Gasteiger partial charge in [-0.2, -0.15) is 0 Å². The van der Waals surface area contributed by atoms with Gasteiger partial charge in [0.1, 0.15) is 19.0 Å². The summed E-state index contributed by atoms with van der Waals surface area (Å²) < 4.78 is 15.2. The summed E-state index contributed by atoms with van der Waals surface area (Å²) >= 11 is 0. The van der Waals surface area contributed by atoms with Crippen LogP contribution >= 0.6 is 0 Å². The average Bonchev–Trinajstić information content (AvgIpc) is 2.98. The molecule has 0 atom stereocenters. The van der Waals surface area contributed by atoms with Gasteiger partial charge in [0.15, 0.2) is 5.78 Å². The first kappa shape index (κ1) is 31.4. The third-order valence-corrected chi connectivity index (χ3v) is 6.06. The fourth-order valence-corrected chi connectivity index (χ4v) is 3.85. The number of ketones is 1. The molecule has 10 nitrogen and oxygen atoms in total. The van der Waals surface area contributed by atoms with E-state index < -0.39 is 0 Å². The normalized spacial score (nSPS) is 10.5. The van der Waals surface area contributed by atoms with Gasteiger partial charge in [0, 0.05) is 37.3 Å². The Labute approximate surface area is 245 Å². The monoisotopic (exact) mass is 573 g/mol. The predicted octanol–water partition coefficient (Wildman–Crippen LogP) is 4.85. The molecule has 0 unspecified atom stereocenters. The number of carbonyl (C=O) groups excluding carboxylic acids is 4. The highest BCUT2D eigenvalue weighted by Crippen LogP contribution is 2.17. The summed E-state index contributed by atoms with van der Waals surface area (Å²) in [4.78, 5) is 49.1. The van der Waals surface area contributed by atoms with E-state index in [1.165, 1.54) is 19.9 Å². The Morgan fingerprint density at radius 2 is 1.38 bits per heavy atom. The molecule has 0 radical (unpaired) electrons. The van der Waals surface area contributed by atoms with Crippen LogP contribution in [0.15, 0.2) is 78.9 Å². The van der Waals surface area contributed by atoms with E-state index in [9.17, 15) is 19.2 Å². The summed E-state index contributed by atoms with van der Waals surface area (Å²) in [7, 11) is 1.60. The van der Waals surface area contributed by atoms with Crippen molar-refractivity contribution in [3.63, 3.8) is 0 Å². The van der Waals surface area contributed by atoms with Gasteiger partial charge in [0.25, 0.3) is 0 Å². The second kappa shape index (κ2) is 16.2. The molecule has 0 aliphatic rings. The number of anilines is 2. The molecular weight excluding hydrogens is 538 g/mol. The molecule has 3 rings (SSSR count). The van der Waals surface area contributed by atoms with Crippen LogP contribution in [0.1, 0.15) is 35.3 Å². The molecule has 0 bridgehead atoms. The van der Waals surface area contributed by atoms with Crippen LogP contribution in [-0.2, 0) is 25.6 Å². The predicted molar refractivity (Wildman–Crippen MR) is 161 cm³/mol. The van der Waals surface area contributed by atoms with Crippen molar-refractivity contribution in [3.05, 3.63) is 95.6 Å². The maximum Gasteiger partial charge on any atom is 0.319 e. The van der Waals surface area contributed by atoms with Gasteiger partial charge in [0.05, 0.1) is 20.2 Å². The molecule has 0 fully saturated rings. The van der Waals surface area contributed by atoms with Gasteiger partial charge in [-0.25, -0.2) is 4.79 Å². The van der Waals surface area contributed by atoms with Crippen LogP contribution in [0.5, 0.6) is 5.75 Å². The van der Waals surface area contributed by atoms with E-state index >= 15 is 0 Å². The molecule has 0 aliphatic heterocycles. The molecule has 42 heavy (non-hydrogen) atoms. The summed E-state index contributed by atoms with van der Waals surface area (Å²) in [6.07, 6.45) is 3.20. The van der Waals surface area contributed by atoms with Crippen molar-refractivity contribution in [2.75, 3.05) is 43.6 Å². The zero-order valence-electron chi connectivity index (χ0n) is 23.9. The van der Waals surface area contributed by atoms with Gasteiger partial charge < -0.3 is 29.7 Å². The van der Waals surface area contributed by atoms with Crippen LogP contribution in [0.4, 0.5) is 16.2 Å². The fraction of sp³-hybridized carbons (Fsp3) is 0.250. The molecule has 0 heterocycles. The van der Waals surface area contributed by atoms with Gasteiger partial charge in [-0.1, -0.05) is 30.3 Å². The molecule has 0 saturated heterocycles. The van der Waals surface area contributed by atoms with Gasteiger partial charge >= 0.3 is 18.0 Å². The first-order chi connectivity index (χ1) is 20.2. The van der Waals surface area contributed by atoms with Crippen LogP contribution in [0.25, 0.3) is 6.08 Å². The third kappa shape index (κ3) is 10.8. The number of esters is 2. The minimum Gasteiger partial charge on any atom is -0.497 e. The number of hydrogen-bond donors (Lipinski definition) is 2. The van der Waals surface area contributed by atoms with Gasteiger partial charge in [-0.05, 0) is 65.7 Å². The molecule has 2 amide bonds. The summed E-state index contributed by atoms with van der Waals surface area (Å²) in [6, 6.07) is 21.2. The molecule has 3 aromatic rings. The van der Waals surface area contributed by atoms with E-state index in [1.807, 2.05) is 53.4 Å². The van der Waals surface area contributed by atoms with Gasteiger partial charge in [0.2, 0.25) is 0 Å². The van der Waals surface area contributed by atoms with Crippen molar-refractivity contribution in [2.45, 2.75) is 20.4 Å². The minimum atomic E-state index is -0.364. The zero-order valence-corrected chi connectivity index (χ0v) is 23.9. The number of methoxy groups -OCH3 is 1. The first-order valence-electron chi connectivity index (χ1n) is 13.4. The number of rotatable bonds is 14. The molecule has 220 valence electrons. The lowest BCUT2D eigenvalue weighted by Crippen LogP contribution is -2.31. The summed E-state index contributed by atoms with van der Waals surface area (Å²) in [6.45, 7) is 4.33. The minimum absolute atomic E-state index is 0.182. The Hall–Kier alpha value is -5.12. The SMILES string of the molecule is COc1ccc(CNC(=O)Nc2ccc(C(=O)C=Cc3ccc(N(CCOC(C)=O)CCOC(C)=O)cc3)cc2)cc1. The van der Waals surface area contributed by atoms with Gasteiger partial charge in [-0.15, -0.1) is 0 Å². The van der Waals surface area contributed by atoms with Crippen LogP contribution in [0.2, 0.25) is 0 Å². The molecule has 0 aromatic heterocycles. The Bertz CT molecular complexity index is 1350. The topological polar surface area (TPSA) is 123 Å². The summed E-state index contributed by atoms with van der Waals surface area (Å²) in [5, 5.41) is 5.54. The number of benzene rings is 3. The van der Waals surface area contributed by atoms with E-state index in [1.54, 1.807) is 37.5 Å². The van der Waals surface area contributed by atoms with E-state index in [2.05, 4.69) is 10.6 Å². The Morgan fingerprint density at radius 3 is 1.93 bits per heavy atom. The Morgan fingerprint density at radius 1 is 0.786 bits per heavy atom. The van der Waals surface area contributed by atoms with E-state index in [4.69, 9.17) is 14.2 Å². The highest BCUT2D eigenvalue weighted by Gasteiger charge is 2.09. The zero-order chi connectivity index (χ0) is 30.3. The lowest BCUT2D eigenvalue weighted by atomic mass is 10.1. The molecule has 10 heteroatoms. The van der Waals surface area contributed by atoms with Crippen molar-refractivity contribution >= 4 is 41.2 Å². The Balaban J connectivity index is 1.52. The molecule has 2 N–H and O–H groups in total. The number of carbonyl (C=O) groups is 4. The third-order valence-electron chi connectivity index (χ3n) is 6.06. The highest BCUT2D eigenvalue weighted by molar-refractivity contribution is 6.07. The molecule has 0 aliphatic carbocycles. The number of urea groups is 1. The molecule has 0 saturated carbocycles. The number of nitrogens with zero attached hydrogens (tertiary/aromatic N) is 1. The van der Waals surface area contributed by atoms with Crippen LogP contribution in [-0.4, -0.2) is 57.2 Å². The van der Waals surface area contributed by atoms with Crippen LogP contribution in [0.3, 0.4) is 0 Å². The lowest BCUT2D eigenvalue weighted by molar-refractivity contribution is -0.141. The second-order valence-electron chi connectivity index (χ2n) is 9.19. The number of hydrogen-bond acceptors (Lipinski definition) is 8. The Kier molecular flexibility index (Phi) is 12.1. The maximum absolute atomic E-state index is 12.7. The molecular formula is C32H35N3O7. The van der Waals surface area contributed by atoms with Crippen LogP contribution < -0.4 is 20.3 Å². The lowest BCUT2D eigenvalue weighted by Gasteiger charge is -2.24. The van der Waals surface area contributed by atoms with E-state index in [0.717, 1.165) is 22.6 Å². The number of ether oxygens (including phenoxy) is 3. The number of nitrogens with one attached hydrogen (secondary N) is 2. The molecule has 3 aromatic carbocycles. The van der Waals surface area contributed by atoms with Crippen molar-refractivity contribution in [2.24, 2.45) is 0 Å². The van der Waals surface area contributed by atoms with Crippen LogP contribution in [0, 0.1) is 0 Å². The van der Waals surface area contributed by atoms with Crippen molar-refractivity contribution < 1.29 is 33.4 Å². The average molecular weight is 574 g/mol. The smallest absolute Gasteiger partial charge is 0.319 e. The highest BCUT2D eigenvalue weighted by atomic mass is 16.5. The van der Waals surface area contributed by atoms with Crippen molar-refractivity contribution in [3.8, 4) is 5.75 Å². The second-order valence-corrected chi connectivity index (χ2v) is 9.19. The summed E-state index contributed by atoms with van der Waals surface area (Å²) in [5.41, 5.74) is 3.65. The van der Waals surface area contributed by atoms with Crippen molar-refractivity contribution in [1.29, 1.82) is 0 Å². The summed E-state index contributed by atoms with van der Waals surface area (Å²) in [5.74, 6) is -0.162. The van der Waals surface area contributed by atoms with E-state index in [-0.39, 0.29) is 37.0 Å². The number of allylic oxidation sites excluding steroid dienone is 1. The first-order valence-corrected chi connectivity index (χ1v) is 13.4. The molecule has 0 spiro atoms. The van der Waals surface area contributed by atoms with E-state index in [0.29, 0.717) is 30.9 Å². The number of amides is 2. The van der Waals surface area contributed by atoms with Crippen molar-refractivity contribution in [1.82, 2.24) is 5.32 Å². The fourth-order valence-electron chi connectivity index (χ4n) is 3.85. The quantitative estimate of drug-likeness (QED) is 0.160. The maximum atomic E-state index is 12.7.